The number of halogens is 1. The van der Waals surface area contributed by atoms with Crippen LogP contribution in [0.5, 0.6) is 0 Å². The van der Waals surface area contributed by atoms with Gasteiger partial charge in [0.25, 0.3) is 0 Å². The van der Waals surface area contributed by atoms with Gasteiger partial charge in [-0.15, -0.1) is 0 Å². The second-order valence-corrected chi connectivity index (χ2v) is 5.25. The van der Waals surface area contributed by atoms with Gasteiger partial charge in [-0.05, 0) is 6.92 Å². The molecule has 5 nitrogen and oxygen atoms in total. The van der Waals surface area contributed by atoms with Crippen LogP contribution in [-0.4, -0.2) is 11.6 Å². The van der Waals surface area contributed by atoms with E-state index in [1.54, 1.807) is 20.8 Å². The lowest BCUT2D eigenvalue weighted by Crippen LogP contribution is -2.58. The molecular formula is C11H11ClN4O. The van der Waals surface area contributed by atoms with Gasteiger partial charge >= 0.3 is 0 Å². The molecule has 88 valence electrons. The van der Waals surface area contributed by atoms with Gasteiger partial charge in [-0.3, -0.25) is 5.41 Å². The van der Waals surface area contributed by atoms with E-state index in [4.69, 9.17) is 21.7 Å². The predicted molar refractivity (Wildman–Crippen MR) is 60.7 cm³/mol. The third-order valence-electron chi connectivity index (χ3n) is 4.00. The van der Waals surface area contributed by atoms with E-state index in [-0.39, 0.29) is 16.6 Å². The van der Waals surface area contributed by atoms with Gasteiger partial charge in [0.15, 0.2) is 11.1 Å². The summed E-state index contributed by atoms with van der Waals surface area (Å²) < 4.78 is 5.46. The molecule has 2 atom stereocenters. The summed E-state index contributed by atoms with van der Waals surface area (Å²) in [5.41, 5.74) is -3.10. The lowest BCUT2D eigenvalue weighted by atomic mass is 9.58. The van der Waals surface area contributed by atoms with Gasteiger partial charge < -0.3 is 10.1 Å². The Morgan fingerprint density at radius 3 is 2.41 bits per heavy atom. The maximum absolute atomic E-state index is 9.47. The van der Waals surface area contributed by atoms with Gasteiger partial charge in [0.2, 0.25) is 5.90 Å². The van der Waals surface area contributed by atoms with Crippen molar-refractivity contribution in [3.8, 4) is 12.1 Å². The molecule has 0 aliphatic carbocycles. The Morgan fingerprint density at radius 1 is 1.35 bits per heavy atom. The fourth-order valence-corrected chi connectivity index (χ4v) is 2.84. The lowest BCUT2D eigenvalue weighted by molar-refractivity contribution is -0.0350. The number of nitriles is 2. The van der Waals surface area contributed by atoms with Crippen molar-refractivity contribution in [3.63, 3.8) is 0 Å². The molecule has 1 fully saturated rings. The lowest BCUT2D eigenvalue weighted by Gasteiger charge is -2.45. The average molecular weight is 251 g/mol. The smallest absolute Gasteiger partial charge is 0.210 e. The summed E-state index contributed by atoms with van der Waals surface area (Å²) >= 11 is 5.98. The number of hydrogen-bond acceptors (Lipinski definition) is 5. The summed E-state index contributed by atoms with van der Waals surface area (Å²) in [6.45, 7) is 5.29. The molecule has 2 rings (SSSR count). The molecule has 17 heavy (non-hydrogen) atoms. The quantitative estimate of drug-likeness (QED) is 0.642. The van der Waals surface area contributed by atoms with Crippen LogP contribution in [0.4, 0.5) is 0 Å². The number of ether oxygens (including phenoxy) is 1. The molecule has 0 saturated carbocycles. The van der Waals surface area contributed by atoms with Crippen molar-refractivity contribution < 1.29 is 4.74 Å². The standard InChI is InChI=1S/C11H11ClN4O/c1-9(2)10(3)16-7(12)6(4-13)11(9,5-14)8(15)17-10/h15-16H,1-3H3. The van der Waals surface area contributed by atoms with E-state index in [0.717, 1.165) is 0 Å². The molecule has 0 aromatic heterocycles. The highest BCUT2D eigenvalue weighted by atomic mass is 35.5. The topological polar surface area (TPSA) is 92.7 Å². The Morgan fingerprint density at radius 2 is 1.94 bits per heavy atom. The highest BCUT2D eigenvalue weighted by Gasteiger charge is 2.72. The minimum absolute atomic E-state index is 0.0478. The number of rotatable bonds is 0. The monoisotopic (exact) mass is 250 g/mol. The average Bonchev–Trinajstić information content (AvgIpc) is 2.31. The van der Waals surface area contributed by atoms with Crippen molar-refractivity contribution >= 4 is 17.5 Å². The molecular weight excluding hydrogens is 240 g/mol. The molecule has 0 spiro atoms. The highest BCUT2D eigenvalue weighted by molar-refractivity contribution is 6.30. The molecule has 0 aromatic rings. The highest BCUT2D eigenvalue weighted by Crippen LogP contribution is 2.61. The first-order chi connectivity index (χ1) is 7.77. The van der Waals surface area contributed by atoms with Crippen LogP contribution in [0.3, 0.4) is 0 Å². The number of nitrogens with zero attached hydrogens (tertiary/aromatic N) is 2. The van der Waals surface area contributed by atoms with E-state index >= 15 is 0 Å². The summed E-state index contributed by atoms with van der Waals surface area (Å²) in [4.78, 5) is 0. The van der Waals surface area contributed by atoms with E-state index in [0.29, 0.717) is 0 Å². The van der Waals surface area contributed by atoms with Crippen molar-refractivity contribution in [2.24, 2.45) is 10.8 Å². The summed E-state index contributed by atoms with van der Waals surface area (Å²) in [6, 6.07) is 3.97. The third kappa shape index (κ3) is 0.963. The molecule has 0 aromatic carbocycles. The van der Waals surface area contributed by atoms with Crippen molar-refractivity contribution in [1.82, 2.24) is 5.32 Å². The predicted octanol–water partition coefficient (Wildman–Crippen LogP) is 1.82. The van der Waals surface area contributed by atoms with E-state index in [2.05, 4.69) is 11.4 Å². The first kappa shape index (κ1) is 11.8. The second kappa shape index (κ2) is 2.94. The Kier molecular flexibility index (Phi) is 2.03. The first-order valence-corrected chi connectivity index (χ1v) is 5.42. The molecule has 2 N–H and O–H groups in total. The van der Waals surface area contributed by atoms with Crippen LogP contribution in [0, 0.1) is 38.9 Å². The maximum atomic E-state index is 9.47. The van der Waals surface area contributed by atoms with Gasteiger partial charge in [0, 0.05) is 0 Å². The Labute approximate surface area is 104 Å². The fourth-order valence-electron chi connectivity index (χ4n) is 2.47. The Hall–Kier alpha value is -1.72. The number of hydrogen-bond donors (Lipinski definition) is 2. The normalized spacial score (nSPS) is 37.9. The van der Waals surface area contributed by atoms with Crippen LogP contribution in [0.25, 0.3) is 0 Å². The van der Waals surface area contributed by atoms with Crippen molar-refractivity contribution in [1.29, 1.82) is 15.9 Å². The van der Waals surface area contributed by atoms with Crippen molar-refractivity contribution in [2.45, 2.75) is 26.5 Å². The summed E-state index contributed by atoms with van der Waals surface area (Å²) in [6.07, 6.45) is 0. The van der Waals surface area contributed by atoms with Crippen LogP contribution in [0.1, 0.15) is 20.8 Å². The van der Waals surface area contributed by atoms with Crippen LogP contribution >= 0.6 is 11.6 Å². The SMILES string of the molecule is CC12NC(Cl)=C(C#N)C(C#N)(C(=N)O1)C2(C)C. The number of fused-ring (bicyclic) bond motifs is 2. The van der Waals surface area contributed by atoms with Gasteiger partial charge in [0.1, 0.15) is 11.2 Å². The third-order valence-corrected chi connectivity index (χ3v) is 4.28. The van der Waals surface area contributed by atoms with Crippen LogP contribution in [0.2, 0.25) is 0 Å². The molecule has 6 heteroatoms. The van der Waals surface area contributed by atoms with Gasteiger partial charge in [0.05, 0.1) is 17.1 Å². The summed E-state index contributed by atoms with van der Waals surface area (Å²) in [5, 5.41) is 29.5. The summed E-state index contributed by atoms with van der Waals surface area (Å²) in [5.74, 6) is -0.229. The van der Waals surface area contributed by atoms with Crippen LogP contribution in [0.15, 0.2) is 10.7 Å². The molecule has 2 aliphatic rings. The molecule has 2 aliphatic heterocycles. The van der Waals surface area contributed by atoms with Gasteiger partial charge in [-0.1, -0.05) is 25.4 Å². The van der Waals surface area contributed by atoms with E-state index in [9.17, 15) is 10.5 Å². The van der Waals surface area contributed by atoms with Crippen LogP contribution < -0.4 is 5.32 Å². The van der Waals surface area contributed by atoms with Gasteiger partial charge in [-0.2, -0.15) is 10.5 Å². The zero-order chi connectivity index (χ0) is 13.1. The largest absolute Gasteiger partial charge is 0.453 e. The molecule has 2 unspecified atom stereocenters. The molecule has 2 bridgehead atoms. The zero-order valence-corrected chi connectivity index (χ0v) is 10.4. The van der Waals surface area contributed by atoms with Crippen molar-refractivity contribution in [2.75, 3.05) is 0 Å². The molecule has 0 amide bonds. The molecule has 2 heterocycles. The number of nitrogens with one attached hydrogen (secondary N) is 2. The van der Waals surface area contributed by atoms with Gasteiger partial charge in [-0.25, -0.2) is 0 Å². The zero-order valence-electron chi connectivity index (χ0n) is 9.68. The summed E-state index contributed by atoms with van der Waals surface area (Å²) in [7, 11) is 0. The minimum Gasteiger partial charge on any atom is -0.453 e. The Balaban J connectivity index is 2.87. The van der Waals surface area contributed by atoms with E-state index < -0.39 is 16.6 Å². The Bertz CT molecular complexity index is 539. The molecule has 0 radical (unpaired) electrons. The van der Waals surface area contributed by atoms with E-state index in [1.165, 1.54) is 0 Å². The molecule has 1 saturated heterocycles. The maximum Gasteiger partial charge on any atom is 0.210 e. The second-order valence-electron chi connectivity index (χ2n) is 4.88. The van der Waals surface area contributed by atoms with E-state index in [1.807, 2.05) is 6.07 Å². The minimum atomic E-state index is -1.42. The fraction of sp³-hybridized carbons (Fsp3) is 0.545. The first-order valence-electron chi connectivity index (χ1n) is 5.04. The van der Waals surface area contributed by atoms with Crippen LogP contribution in [-0.2, 0) is 4.74 Å². The van der Waals surface area contributed by atoms with Crippen molar-refractivity contribution in [3.05, 3.63) is 10.7 Å².